The number of sulfonamides is 1. The molecule has 1 aromatic carbocycles. The molecule has 2 rings (SSSR count). The molecule has 0 aliphatic carbocycles. The van der Waals surface area contributed by atoms with Crippen molar-refractivity contribution in [3.8, 4) is 0 Å². The van der Waals surface area contributed by atoms with E-state index in [1.807, 2.05) is 26.8 Å². The summed E-state index contributed by atoms with van der Waals surface area (Å²) in [6, 6.07) is 6.95. The molecule has 0 saturated carbocycles. The van der Waals surface area contributed by atoms with Gasteiger partial charge in [0.2, 0.25) is 10.0 Å². The summed E-state index contributed by atoms with van der Waals surface area (Å²) in [6.45, 7) is 6.46. The number of anilines is 1. The minimum atomic E-state index is -3.52. The normalized spacial score (nSPS) is 23.5. The molecule has 1 saturated heterocycles. The molecule has 112 valence electrons. The van der Waals surface area contributed by atoms with E-state index in [0.717, 1.165) is 0 Å². The van der Waals surface area contributed by atoms with Gasteiger partial charge < -0.3 is 10.1 Å². The monoisotopic (exact) mass is 298 g/mol. The number of ether oxygens (including phenoxy) is 1. The van der Waals surface area contributed by atoms with Gasteiger partial charge in [-0.2, -0.15) is 4.31 Å². The van der Waals surface area contributed by atoms with Crippen LogP contribution in [-0.2, 0) is 14.8 Å². The van der Waals surface area contributed by atoms with Crippen molar-refractivity contribution in [3.63, 3.8) is 0 Å². The Morgan fingerprint density at radius 1 is 1.35 bits per heavy atom. The highest BCUT2D eigenvalue weighted by Crippen LogP contribution is 2.29. The molecule has 5 nitrogen and oxygen atoms in total. The first-order chi connectivity index (χ1) is 9.26. The topological polar surface area (TPSA) is 58.6 Å². The number of hydrogen-bond acceptors (Lipinski definition) is 4. The van der Waals surface area contributed by atoms with Crippen LogP contribution in [0.2, 0.25) is 0 Å². The Morgan fingerprint density at radius 2 is 2.00 bits per heavy atom. The molecule has 20 heavy (non-hydrogen) atoms. The Kier molecular flexibility index (Phi) is 4.09. The van der Waals surface area contributed by atoms with Gasteiger partial charge in [-0.3, -0.25) is 0 Å². The van der Waals surface area contributed by atoms with Crippen molar-refractivity contribution in [2.24, 2.45) is 0 Å². The van der Waals surface area contributed by atoms with Crippen LogP contribution in [0.1, 0.15) is 20.8 Å². The average molecular weight is 298 g/mol. The van der Waals surface area contributed by atoms with Crippen molar-refractivity contribution >= 4 is 15.7 Å². The largest absolute Gasteiger partial charge is 0.387 e. The van der Waals surface area contributed by atoms with Crippen LogP contribution in [0.5, 0.6) is 0 Å². The molecule has 1 fully saturated rings. The molecule has 0 spiro atoms. The lowest BCUT2D eigenvalue weighted by atomic mass is 10.1. The van der Waals surface area contributed by atoms with Gasteiger partial charge in [-0.25, -0.2) is 8.42 Å². The van der Waals surface area contributed by atoms with Crippen molar-refractivity contribution in [1.29, 1.82) is 0 Å². The van der Waals surface area contributed by atoms with E-state index in [9.17, 15) is 8.42 Å². The minimum absolute atomic E-state index is 0.115. The van der Waals surface area contributed by atoms with E-state index in [1.165, 1.54) is 4.31 Å². The summed E-state index contributed by atoms with van der Waals surface area (Å²) in [6.07, 6.45) is -0.115. The number of morpholine rings is 1. The van der Waals surface area contributed by atoms with E-state index in [4.69, 9.17) is 4.74 Å². The fourth-order valence-electron chi connectivity index (χ4n) is 2.62. The second-order valence-corrected chi connectivity index (χ2v) is 7.64. The molecule has 0 bridgehead atoms. The smallest absolute Gasteiger partial charge is 0.245 e. The molecule has 1 aromatic rings. The van der Waals surface area contributed by atoms with Gasteiger partial charge in [0, 0.05) is 20.1 Å². The summed E-state index contributed by atoms with van der Waals surface area (Å²) in [4.78, 5) is 0.312. The van der Waals surface area contributed by atoms with Crippen LogP contribution in [0.3, 0.4) is 0 Å². The van der Waals surface area contributed by atoms with Gasteiger partial charge in [-0.1, -0.05) is 12.1 Å². The Morgan fingerprint density at radius 3 is 2.60 bits per heavy atom. The quantitative estimate of drug-likeness (QED) is 0.926. The lowest BCUT2D eigenvalue weighted by Crippen LogP contribution is -2.53. The molecule has 0 aromatic heterocycles. The minimum Gasteiger partial charge on any atom is -0.387 e. The van der Waals surface area contributed by atoms with Gasteiger partial charge in [-0.15, -0.1) is 0 Å². The molecule has 6 heteroatoms. The van der Waals surface area contributed by atoms with Gasteiger partial charge in [0.25, 0.3) is 0 Å². The van der Waals surface area contributed by atoms with Gasteiger partial charge in [0.15, 0.2) is 0 Å². The van der Waals surface area contributed by atoms with Crippen LogP contribution in [0, 0.1) is 0 Å². The lowest BCUT2D eigenvalue weighted by molar-refractivity contribution is -0.109. The van der Waals surface area contributed by atoms with Crippen LogP contribution >= 0.6 is 0 Å². The zero-order valence-electron chi connectivity index (χ0n) is 12.4. The molecule has 1 atom stereocenters. The van der Waals surface area contributed by atoms with E-state index in [0.29, 0.717) is 23.7 Å². The van der Waals surface area contributed by atoms with Crippen molar-refractivity contribution < 1.29 is 13.2 Å². The van der Waals surface area contributed by atoms with E-state index < -0.39 is 15.6 Å². The van der Waals surface area contributed by atoms with E-state index in [2.05, 4.69) is 5.32 Å². The van der Waals surface area contributed by atoms with Crippen LogP contribution in [0.15, 0.2) is 29.2 Å². The van der Waals surface area contributed by atoms with Gasteiger partial charge >= 0.3 is 0 Å². The van der Waals surface area contributed by atoms with E-state index in [-0.39, 0.29) is 6.10 Å². The molecular formula is C14H22N2O3S. The van der Waals surface area contributed by atoms with Crippen LogP contribution in [0.4, 0.5) is 5.69 Å². The number of benzene rings is 1. The average Bonchev–Trinajstić information content (AvgIpc) is 2.36. The predicted molar refractivity (Wildman–Crippen MR) is 79.4 cm³/mol. The SMILES string of the molecule is CNc1ccccc1S(=O)(=O)N1CC(C)OC(C)(C)C1. The Hall–Kier alpha value is -1.11. The Balaban J connectivity index is 2.39. The highest BCUT2D eigenvalue weighted by molar-refractivity contribution is 7.89. The number of nitrogens with zero attached hydrogens (tertiary/aromatic N) is 1. The Bertz CT molecular complexity index is 584. The first-order valence-electron chi connectivity index (χ1n) is 6.71. The van der Waals surface area contributed by atoms with Crippen molar-refractivity contribution in [3.05, 3.63) is 24.3 Å². The lowest BCUT2D eigenvalue weighted by Gasteiger charge is -2.41. The summed E-state index contributed by atoms with van der Waals surface area (Å²) in [5.41, 5.74) is 0.142. The summed E-state index contributed by atoms with van der Waals surface area (Å²) in [5.74, 6) is 0. The molecule has 1 unspecified atom stereocenters. The number of para-hydroxylation sites is 1. The molecule has 1 heterocycles. The third kappa shape index (κ3) is 2.97. The van der Waals surface area contributed by atoms with E-state index in [1.54, 1.807) is 25.2 Å². The number of rotatable bonds is 3. The fourth-order valence-corrected chi connectivity index (χ4v) is 4.48. The highest BCUT2D eigenvalue weighted by atomic mass is 32.2. The summed E-state index contributed by atoms with van der Waals surface area (Å²) >= 11 is 0. The predicted octanol–water partition coefficient (Wildman–Crippen LogP) is 1.92. The zero-order chi connectivity index (χ0) is 15.0. The molecule has 1 aliphatic rings. The van der Waals surface area contributed by atoms with Crippen LogP contribution in [0.25, 0.3) is 0 Å². The maximum absolute atomic E-state index is 12.8. The van der Waals surface area contributed by atoms with Crippen LogP contribution < -0.4 is 5.32 Å². The van der Waals surface area contributed by atoms with Gasteiger partial charge in [-0.05, 0) is 32.9 Å². The standard InChI is InChI=1S/C14H22N2O3S/c1-11-9-16(10-14(2,3)19-11)20(17,18)13-8-6-5-7-12(13)15-4/h5-8,11,15H,9-10H2,1-4H3. The third-order valence-electron chi connectivity index (χ3n) is 3.31. The number of hydrogen-bond donors (Lipinski definition) is 1. The molecule has 0 radical (unpaired) electrons. The molecule has 1 aliphatic heterocycles. The summed E-state index contributed by atoms with van der Waals surface area (Å²) in [5, 5.41) is 2.94. The first-order valence-corrected chi connectivity index (χ1v) is 8.15. The van der Waals surface area contributed by atoms with Crippen LogP contribution in [-0.4, -0.2) is 44.6 Å². The molecular weight excluding hydrogens is 276 g/mol. The maximum Gasteiger partial charge on any atom is 0.245 e. The second-order valence-electron chi connectivity index (χ2n) is 5.73. The zero-order valence-corrected chi connectivity index (χ0v) is 13.2. The van der Waals surface area contributed by atoms with Crippen molar-refractivity contribution in [2.75, 3.05) is 25.5 Å². The van der Waals surface area contributed by atoms with Gasteiger partial charge in [0.1, 0.15) is 4.90 Å². The van der Waals surface area contributed by atoms with Crippen molar-refractivity contribution in [1.82, 2.24) is 4.31 Å². The fraction of sp³-hybridized carbons (Fsp3) is 0.571. The first kappa shape index (κ1) is 15.3. The Labute approximate surface area is 121 Å². The third-order valence-corrected chi connectivity index (χ3v) is 5.18. The summed E-state index contributed by atoms with van der Waals surface area (Å²) < 4.78 is 32.9. The van der Waals surface area contributed by atoms with Gasteiger partial charge in [0.05, 0.1) is 17.4 Å². The highest BCUT2D eigenvalue weighted by Gasteiger charge is 2.38. The number of nitrogens with one attached hydrogen (secondary N) is 1. The molecule has 0 amide bonds. The van der Waals surface area contributed by atoms with E-state index >= 15 is 0 Å². The second kappa shape index (κ2) is 5.35. The summed E-state index contributed by atoms with van der Waals surface area (Å²) in [7, 11) is -1.80. The maximum atomic E-state index is 12.8. The van der Waals surface area contributed by atoms with Crippen molar-refractivity contribution in [2.45, 2.75) is 37.4 Å². The molecule has 1 N–H and O–H groups in total.